The normalized spacial score (nSPS) is 11.2. The molecule has 0 saturated heterocycles. The summed E-state index contributed by atoms with van der Waals surface area (Å²) in [6, 6.07) is 26.7. The predicted octanol–water partition coefficient (Wildman–Crippen LogP) is 5.80. The van der Waals surface area contributed by atoms with Crippen molar-refractivity contribution in [3.05, 3.63) is 119 Å². The largest absolute Gasteiger partial charge is 0.495 e. The highest BCUT2D eigenvalue weighted by Crippen LogP contribution is 2.28. The summed E-state index contributed by atoms with van der Waals surface area (Å²) in [5.41, 5.74) is 4.23. The number of carboxylic acids is 1. The van der Waals surface area contributed by atoms with Gasteiger partial charge in [0.15, 0.2) is 0 Å². The molecule has 0 spiro atoms. The van der Waals surface area contributed by atoms with E-state index in [2.05, 4.69) is 16.0 Å². The van der Waals surface area contributed by atoms with Crippen molar-refractivity contribution < 1.29 is 29.0 Å². The molecule has 10 nitrogen and oxygen atoms in total. The smallest absolute Gasteiger partial charge is 0.326 e. The number of nitrogens with one attached hydrogen (secondary N) is 3. The Balaban J connectivity index is 1.42. The summed E-state index contributed by atoms with van der Waals surface area (Å²) >= 11 is 0. The van der Waals surface area contributed by atoms with Crippen LogP contribution in [0, 0.1) is 6.92 Å². The zero-order valence-electron chi connectivity index (χ0n) is 24.7. The van der Waals surface area contributed by atoms with Gasteiger partial charge in [0.1, 0.15) is 5.75 Å². The van der Waals surface area contributed by atoms with E-state index < -0.39 is 17.9 Å². The van der Waals surface area contributed by atoms with Crippen LogP contribution in [0.5, 0.6) is 5.75 Å². The summed E-state index contributed by atoms with van der Waals surface area (Å²) in [6.45, 7) is 1.92. The molecule has 0 heterocycles. The van der Waals surface area contributed by atoms with Crippen molar-refractivity contribution in [2.45, 2.75) is 25.8 Å². The molecule has 10 heteroatoms. The zero-order chi connectivity index (χ0) is 31.6. The molecular formula is C34H34N4O6. The molecule has 0 bridgehead atoms. The summed E-state index contributed by atoms with van der Waals surface area (Å²) in [4.78, 5) is 51.6. The van der Waals surface area contributed by atoms with Crippen molar-refractivity contribution in [3.8, 4) is 5.75 Å². The number of carbonyl (C=O) groups is 4. The van der Waals surface area contributed by atoms with E-state index in [0.29, 0.717) is 33.8 Å². The minimum atomic E-state index is -1.08. The molecule has 226 valence electrons. The summed E-state index contributed by atoms with van der Waals surface area (Å²) < 4.78 is 5.49. The highest BCUT2D eigenvalue weighted by atomic mass is 16.5. The van der Waals surface area contributed by atoms with Gasteiger partial charge in [-0.15, -0.1) is 0 Å². The van der Waals surface area contributed by atoms with Gasteiger partial charge in [-0.1, -0.05) is 54.6 Å². The number of benzene rings is 4. The van der Waals surface area contributed by atoms with Crippen molar-refractivity contribution in [2.24, 2.45) is 0 Å². The number of amides is 4. The molecule has 4 aromatic rings. The van der Waals surface area contributed by atoms with Gasteiger partial charge < -0.3 is 25.8 Å². The lowest BCUT2D eigenvalue weighted by Gasteiger charge is -2.21. The molecule has 0 aromatic heterocycles. The van der Waals surface area contributed by atoms with Crippen molar-refractivity contribution in [1.82, 2.24) is 5.32 Å². The van der Waals surface area contributed by atoms with Gasteiger partial charge in [-0.25, -0.2) is 4.79 Å². The van der Waals surface area contributed by atoms with Gasteiger partial charge in [-0.2, -0.15) is 0 Å². The fraction of sp³-hybridized carbons (Fsp3) is 0.176. The van der Waals surface area contributed by atoms with Gasteiger partial charge in [-0.05, 0) is 66.1 Å². The molecule has 1 atom stereocenters. The first-order valence-corrected chi connectivity index (χ1v) is 13.9. The molecule has 0 saturated carbocycles. The molecule has 4 N–H and O–H groups in total. The van der Waals surface area contributed by atoms with E-state index >= 15 is 0 Å². The van der Waals surface area contributed by atoms with Gasteiger partial charge in [-0.3, -0.25) is 19.3 Å². The molecule has 4 aromatic carbocycles. The third-order valence-corrected chi connectivity index (χ3v) is 6.95. The van der Waals surface area contributed by atoms with Gasteiger partial charge in [0.2, 0.25) is 5.91 Å². The van der Waals surface area contributed by atoms with Crippen molar-refractivity contribution in [3.63, 3.8) is 0 Å². The van der Waals surface area contributed by atoms with E-state index in [1.54, 1.807) is 79.8 Å². The summed E-state index contributed by atoms with van der Waals surface area (Å²) in [5.74, 6) is -1.40. The number of aryl methyl sites for hydroxylation is 1. The van der Waals surface area contributed by atoms with Crippen LogP contribution in [0.1, 0.15) is 39.5 Å². The van der Waals surface area contributed by atoms with Crippen LogP contribution in [0.3, 0.4) is 0 Å². The lowest BCUT2D eigenvalue weighted by Crippen LogP contribution is -2.31. The average Bonchev–Trinajstić information content (AvgIpc) is 3.01. The van der Waals surface area contributed by atoms with E-state index in [4.69, 9.17) is 4.74 Å². The van der Waals surface area contributed by atoms with Gasteiger partial charge in [0.25, 0.3) is 5.91 Å². The first-order chi connectivity index (χ1) is 21.1. The minimum absolute atomic E-state index is 0.0151. The predicted molar refractivity (Wildman–Crippen MR) is 169 cm³/mol. The number of nitrogens with zero attached hydrogens (tertiary/aromatic N) is 1. The highest BCUT2D eigenvalue weighted by Gasteiger charge is 2.20. The number of para-hydroxylation sites is 1. The topological polar surface area (TPSA) is 137 Å². The number of hydrogen-bond donors (Lipinski definition) is 4. The molecule has 0 aliphatic heterocycles. The molecule has 1 unspecified atom stereocenters. The second kappa shape index (κ2) is 14.5. The second-order valence-electron chi connectivity index (χ2n) is 10.2. The molecule has 44 heavy (non-hydrogen) atoms. The van der Waals surface area contributed by atoms with Crippen molar-refractivity contribution in [2.75, 3.05) is 29.7 Å². The Hall–Kier alpha value is -5.64. The van der Waals surface area contributed by atoms with Crippen LogP contribution in [0.4, 0.5) is 21.9 Å². The third kappa shape index (κ3) is 8.22. The van der Waals surface area contributed by atoms with E-state index in [9.17, 15) is 24.3 Å². The lowest BCUT2D eigenvalue weighted by molar-refractivity contribution is -0.137. The first-order valence-electron chi connectivity index (χ1n) is 13.9. The minimum Gasteiger partial charge on any atom is -0.495 e. The zero-order valence-corrected chi connectivity index (χ0v) is 24.7. The van der Waals surface area contributed by atoms with Crippen LogP contribution < -0.4 is 25.6 Å². The standard InChI is InChI=1S/C34H34N4O6/c1-22-10-7-8-15-29(22)38(2)34(43)37-27-17-16-23(18-30(27)44-3)19-31(39)35-26-14-9-13-25(20-26)28(21-32(40)41)36-33(42)24-11-5-4-6-12-24/h4-18,20,28H,19,21H2,1-3H3,(H,35,39)(H,36,42)(H,37,43)(H,40,41). The number of aliphatic carboxylic acids is 1. The Morgan fingerprint density at radius 2 is 1.59 bits per heavy atom. The number of carboxylic acid groups (broad SMARTS) is 1. The van der Waals surface area contributed by atoms with E-state index in [1.807, 2.05) is 31.2 Å². The maximum absolute atomic E-state index is 13.0. The first kappa shape index (κ1) is 31.3. The quantitative estimate of drug-likeness (QED) is 0.173. The van der Waals surface area contributed by atoms with Crippen LogP contribution in [0.15, 0.2) is 97.1 Å². The fourth-order valence-electron chi connectivity index (χ4n) is 4.68. The Kier molecular flexibility index (Phi) is 10.3. The Morgan fingerprint density at radius 1 is 0.864 bits per heavy atom. The second-order valence-corrected chi connectivity index (χ2v) is 10.2. The number of methoxy groups -OCH3 is 1. The van der Waals surface area contributed by atoms with E-state index in [1.165, 1.54) is 12.0 Å². The summed E-state index contributed by atoms with van der Waals surface area (Å²) in [6.07, 6.45) is -0.319. The maximum Gasteiger partial charge on any atom is 0.326 e. The van der Waals surface area contributed by atoms with E-state index in [-0.39, 0.29) is 24.8 Å². The van der Waals surface area contributed by atoms with E-state index in [0.717, 1.165) is 11.3 Å². The molecule has 0 aliphatic carbocycles. The number of rotatable bonds is 11. The Bertz CT molecular complexity index is 1660. The number of urea groups is 1. The van der Waals surface area contributed by atoms with Crippen LogP contribution in [-0.4, -0.2) is 43.1 Å². The Morgan fingerprint density at radius 3 is 2.30 bits per heavy atom. The fourth-order valence-corrected chi connectivity index (χ4v) is 4.68. The average molecular weight is 595 g/mol. The SMILES string of the molecule is COc1cc(CC(=O)Nc2cccc(C(CC(=O)O)NC(=O)c3ccccc3)c2)ccc1NC(=O)N(C)c1ccccc1C. The number of carbonyl (C=O) groups excluding carboxylic acids is 3. The van der Waals surface area contributed by atoms with Crippen LogP contribution in [0.25, 0.3) is 0 Å². The molecule has 0 aliphatic rings. The third-order valence-electron chi connectivity index (χ3n) is 6.95. The van der Waals surface area contributed by atoms with Crippen molar-refractivity contribution >= 4 is 40.9 Å². The van der Waals surface area contributed by atoms with Gasteiger partial charge in [0.05, 0.1) is 31.7 Å². The van der Waals surface area contributed by atoms with Crippen LogP contribution >= 0.6 is 0 Å². The van der Waals surface area contributed by atoms with Crippen LogP contribution in [-0.2, 0) is 16.0 Å². The summed E-state index contributed by atoms with van der Waals surface area (Å²) in [7, 11) is 3.16. The van der Waals surface area contributed by atoms with Gasteiger partial charge in [0, 0.05) is 24.0 Å². The highest BCUT2D eigenvalue weighted by molar-refractivity contribution is 6.02. The molecular weight excluding hydrogens is 560 g/mol. The number of hydrogen-bond acceptors (Lipinski definition) is 5. The van der Waals surface area contributed by atoms with Gasteiger partial charge >= 0.3 is 12.0 Å². The lowest BCUT2D eigenvalue weighted by atomic mass is 10.0. The molecule has 0 radical (unpaired) electrons. The number of ether oxygens (including phenoxy) is 1. The maximum atomic E-state index is 13.0. The summed E-state index contributed by atoms with van der Waals surface area (Å²) in [5, 5.41) is 17.9. The monoisotopic (exact) mass is 594 g/mol. The van der Waals surface area contributed by atoms with Crippen LogP contribution in [0.2, 0.25) is 0 Å². The molecule has 4 rings (SSSR count). The Labute approximate surface area is 255 Å². The molecule has 4 amide bonds. The molecule has 0 fully saturated rings. The van der Waals surface area contributed by atoms with Crippen molar-refractivity contribution in [1.29, 1.82) is 0 Å². The number of anilines is 3.